The third kappa shape index (κ3) is 4.35. The monoisotopic (exact) mass is 371 g/mol. The minimum atomic E-state index is -4.57. The molecule has 0 bridgehead atoms. The van der Waals surface area contributed by atoms with Crippen LogP contribution in [-0.2, 0) is 10.0 Å². The summed E-state index contributed by atoms with van der Waals surface area (Å²) in [5.41, 5.74) is -0.716. The van der Waals surface area contributed by atoms with Crippen molar-refractivity contribution in [3.63, 3.8) is 0 Å². The molecule has 2 rings (SSSR count). The molecular weight excluding hydrogens is 361 g/mol. The van der Waals surface area contributed by atoms with Gasteiger partial charge in [-0.2, -0.15) is 14.4 Å². The lowest BCUT2D eigenvalue weighted by atomic mass is 10.3. The van der Waals surface area contributed by atoms with E-state index in [-0.39, 0.29) is 5.88 Å². The highest BCUT2D eigenvalue weighted by molar-refractivity contribution is 7.90. The van der Waals surface area contributed by atoms with Crippen LogP contribution < -0.4 is 14.8 Å². The van der Waals surface area contributed by atoms with Gasteiger partial charge in [0.05, 0.1) is 18.1 Å². The third-order valence-electron chi connectivity index (χ3n) is 2.68. The van der Waals surface area contributed by atoms with E-state index in [0.717, 1.165) is 18.2 Å². The number of rotatable bonds is 5. The van der Waals surface area contributed by atoms with Gasteiger partial charge in [0, 0.05) is 6.07 Å². The molecule has 0 spiro atoms. The summed E-state index contributed by atoms with van der Waals surface area (Å²) in [6.45, 7) is 0. The van der Waals surface area contributed by atoms with Gasteiger partial charge in [-0.15, -0.1) is 0 Å². The quantitative estimate of drug-likeness (QED) is 0.449. The topological polar surface area (TPSA) is 153 Å². The van der Waals surface area contributed by atoms with Crippen molar-refractivity contribution in [3.8, 4) is 5.88 Å². The third-order valence-corrected chi connectivity index (χ3v) is 4.06. The summed E-state index contributed by atoms with van der Waals surface area (Å²) >= 11 is 0. The van der Waals surface area contributed by atoms with E-state index in [2.05, 4.69) is 14.7 Å². The molecular formula is C12H10FN5O6S. The van der Waals surface area contributed by atoms with Gasteiger partial charge in [0.15, 0.2) is 4.90 Å². The van der Waals surface area contributed by atoms with Crippen LogP contribution in [0.1, 0.15) is 0 Å². The van der Waals surface area contributed by atoms with Crippen LogP contribution in [0.3, 0.4) is 0 Å². The first-order valence-electron chi connectivity index (χ1n) is 6.38. The van der Waals surface area contributed by atoms with Crippen LogP contribution in [0.4, 0.5) is 20.8 Å². The fourth-order valence-electron chi connectivity index (χ4n) is 1.70. The highest BCUT2D eigenvalue weighted by atomic mass is 32.2. The largest absolute Gasteiger partial charge is 0.481 e. The average molecular weight is 371 g/mol. The number of urea groups is 1. The molecule has 1 aromatic carbocycles. The second-order valence-corrected chi connectivity index (χ2v) is 5.99. The Morgan fingerprint density at radius 3 is 2.64 bits per heavy atom. The highest BCUT2D eigenvalue weighted by Crippen LogP contribution is 2.22. The molecule has 1 heterocycles. The number of halogens is 1. The number of nitrogens with zero attached hydrogens (tertiary/aromatic N) is 3. The van der Waals surface area contributed by atoms with Crippen LogP contribution in [0.2, 0.25) is 0 Å². The summed E-state index contributed by atoms with van der Waals surface area (Å²) in [7, 11) is -3.37. The number of nitro groups is 1. The normalized spacial score (nSPS) is 10.8. The van der Waals surface area contributed by atoms with E-state index >= 15 is 0 Å². The smallest absolute Gasteiger partial charge is 0.335 e. The van der Waals surface area contributed by atoms with Gasteiger partial charge >= 0.3 is 6.03 Å². The Balaban J connectivity index is 2.23. The summed E-state index contributed by atoms with van der Waals surface area (Å²) in [5.74, 6) is -1.79. The number of nitrogens with one attached hydrogen (secondary N) is 2. The van der Waals surface area contributed by atoms with Crippen molar-refractivity contribution in [2.75, 3.05) is 12.4 Å². The number of hydrogen-bond acceptors (Lipinski definition) is 8. The number of para-hydroxylation sites is 1. The van der Waals surface area contributed by atoms with E-state index in [1.807, 2.05) is 5.32 Å². The second-order valence-electron chi connectivity index (χ2n) is 4.34. The molecule has 132 valence electrons. The molecule has 0 saturated carbocycles. The van der Waals surface area contributed by atoms with Crippen molar-refractivity contribution in [1.29, 1.82) is 0 Å². The summed E-state index contributed by atoms with van der Waals surface area (Å²) in [6, 6.07) is 3.94. The molecule has 1 aromatic heterocycles. The maximum absolute atomic E-state index is 13.2. The lowest BCUT2D eigenvalue weighted by molar-refractivity contribution is -0.387. The molecule has 2 amide bonds. The number of benzene rings is 1. The number of ether oxygens (including phenoxy) is 1. The van der Waals surface area contributed by atoms with E-state index < -0.39 is 43.5 Å². The van der Waals surface area contributed by atoms with Crippen molar-refractivity contribution < 1.29 is 27.3 Å². The van der Waals surface area contributed by atoms with Gasteiger partial charge in [0.1, 0.15) is 0 Å². The van der Waals surface area contributed by atoms with Crippen LogP contribution in [0.15, 0.2) is 35.2 Å². The van der Waals surface area contributed by atoms with Gasteiger partial charge in [-0.25, -0.2) is 17.9 Å². The number of sulfonamides is 1. The molecule has 0 atom stereocenters. The van der Waals surface area contributed by atoms with E-state index in [1.165, 1.54) is 19.2 Å². The van der Waals surface area contributed by atoms with Crippen LogP contribution in [0.5, 0.6) is 5.88 Å². The fourth-order valence-corrected chi connectivity index (χ4v) is 2.78. The Kier molecular flexibility index (Phi) is 5.07. The molecule has 0 fully saturated rings. The standard InChI is InChI=1S/C12H10FN5O6S/c1-24-10-6-9(13)14-11(15-10)16-12(19)17-25(22,23)8-5-3-2-4-7(8)18(20)21/h2-6H,1H3,(H2,14,15,16,17,19). The Hall–Kier alpha value is -3.35. The minimum absolute atomic E-state index is 0.204. The number of methoxy groups -OCH3 is 1. The first kappa shape index (κ1) is 18.0. The zero-order chi connectivity index (χ0) is 18.6. The fraction of sp³-hybridized carbons (Fsp3) is 0.0833. The van der Waals surface area contributed by atoms with Crippen molar-refractivity contribution in [1.82, 2.24) is 14.7 Å². The molecule has 11 nitrogen and oxygen atoms in total. The highest BCUT2D eigenvalue weighted by Gasteiger charge is 2.27. The summed E-state index contributed by atoms with van der Waals surface area (Å²) in [6.07, 6.45) is 0. The maximum Gasteiger partial charge on any atom is 0.335 e. The predicted molar refractivity (Wildman–Crippen MR) is 81.0 cm³/mol. The molecule has 0 unspecified atom stereocenters. The average Bonchev–Trinajstić information content (AvgIpc) is 2.53. The molecule has 2 N–H and O–H groups in total. The molecule has 0 aliphatic rings. The second kappa shape index (κ2) is 7.04. The predicted octanol–water partition coefficient (Wildman–Crippen LogP) is 1.04. The van der Waals surface area contributed by atoms with Crippen LogP contribution in [0.25, 0.3) is 0 Å². The molecule has 0 aliphatic carbocycles. The van der Waals surface area contributed by atoms with Gasteiger partial charge in [-0.1, -0.05) is 12.1 Å². The Bertz CT molecular complexity index is 935. The zero-order valence-corrected chi connectivity index (χ0v) is 13.3. The van der Waals surface area contributed by atoms with Gasteiger partial charge in [0.2, 0.25) is 17.8 Å². The lowest BCUT2D eigenvalue weighted by Gasteiger charge is -2.08. The van der Waals surface area contributed by atoms with E-state index in [4.69, 9.17) is 0 Å². The number of nitro benzene ring substituents is 1. The Labute approximate surface area is 140 Å². The van der Waals surface area contributed by atoms with Gasteiger partial charge < -0.3 is 4.74 Å². The van der Waals surface area contributed by atoms with Crippen molar-refractivity contribution in [2.24, 2.45) is 0 Å². The van der Waals surface area contributed by atoms with Crippen molar-refractivity contribution in [2.45, 2.75) is 4.90 Å². The number of amides is 2. The van der Waals surface area contributed by atoms with Crippen molar-refractivity contribution in [3.05, 3.63) is 46.4 Å². The summed E-state index contributed by atoms with van der Waals surface area (Å²) in [5, 5.41) is 12.8. The van der Waals surface area contributed by atoms with Crippen LogP contribution in [-0.4, -0.2) is 36.4 Å². The van der Waals surface area contributed by atoms with Gasteiger partial charge in [-0.05, 0) is 6.07 Å². The molecule has 25 heavy (non-hydrogen) atoms. The molecule has 13 heteroatoms. The Morgan fingerprint density at radius 2 is 2.00 bits per heavy atom. The number of aromatic nitrogens is 2. The first-order chi connectivity index (χ1) is 11.7. The number of carbonyl (C=O) groups is 1. The maximum atomic E-state index is 13.2. The first-order valence-corrected chi connectivity index (χ1v) is 7.87. The van der Waals surface area contributed by atoms with Crippen molar-refractivity contribution >= 4 is 27.7 Å². The summed E-state index contributed by atoms with van der Waals surface area (Å²) in [4.78, 5) is 27.9. The SMILES string of the molecule is COc1cc(F)nc(NC(=O)NS(=O)(=O)c2ccccc2[N+](=O)[O-])n1. The van der Waals surface area contributed by atoms with E-state index in [9.17, 15) is 27.7 Å². The van der Waals surface area contributed by atoms with Crippen LogP contribution >= 0.6 is 0 Å². The minimum Gasteiger partial charge on any atom is -0.481 e. The Morgan fingerprint density at radius 1 is 1.32 bits per heavy atom. The number of anilines is 1. The lowest BCUT2D eigenvalue weighted by Crippen LogP contribution is -2.35. The molecule has 0 aliphatic heterocycles. The zero-order valence-electron chi connectivity index (χ0n) is 12.5. The van der Waals surface area contributed by atoms with Crippen LogP contribution in [0, 0.1) is 16.1 Å². The number of carbonyl (C=O) groups excluding carboxylic acids is 1. The molecule has 0 saturated heterocycles. The van der Waals surface area contributed by atoms with Gasteiger partial charge in [-0.3, -0.25) is 15.4 Å². The number of hydrogen-bond donors (Lipinski definition) is 2. The molecule has 2 aromatic rings. The molecule has 0 radical (unpaired) electrons. The summed E-state index contributed by atoms with van der Waals surface area (Å²) < 4.78 is 43.7. The van der Waals surface area contributed by atoms with E-state index in [1.54, 1.807) is 4.72 Å². The van der Waals surface area contributed by atoms with E-state index in [0.29, 0.717) is 0 Å². The van der Waals surface area contributed by atoms with Gasteiger partial charge in [0.25, 0.3) is 15.7 Å².